The van der Waals surface area contributed by atoms with Crippen LogP contribution in [0.4, 0.5) is 0 Å². The van der Waals surface area contributed by atoms with Crippen molar-refractivity contribution >= 4 is 5.97 Å². The van der Waals surface area contributed by atoms with Crippen LogP contribution >= 0.6 is 0 Å². The predicted octanol–water partition coefficient (Wildman–Crippen LogP) is 4.55. The lowest BCUT2D eigenvalue weighted by Gasteiger charge is -2.15. The van der Waals surface area contributed by atoms with Crippen molar-refractivity contribution in [2.75, 3.05) is 0 Å². The van der Waals surface area contributed by atoms with E-state index in [-0.39, 0.29) is 6.42 Å². The van der Waals surface area contributed by atoms with Crippen molar-refractivity contribution < 1.29 is 19.4 Å². The van der Waals surface area contributed by atoms with Gasteiger partial charge in [0.05, 0.1) is 0 Å². The zero-order valence-electron chi connectivity index (χ0n) is 13.5. The zero-order chi connectivity index (χ0) is 17.5. The third kappa shape index (κ3) is 4.85. The van der Waals surface area contributed by atoms with Crippen LogP contribution in [0.3, 0.4) is 0 Å². The molecule has 0 aromatic heterocycles. The minimum atomic E-state index is -0.992. The largest absolute Gasteiger partial charge is 0.478 e. The van der Waals surface area contributed by atoms with Gasteiger partial charge < -0.3 is 14.6 Å². The Bertz CT molecular complexity index is 798. The highest BCUT2D eigenvalue weighted by Crippen LogP contribution is 2.22. The molecular formula is C21H18O4. The Balaban J connectivity index is 1.65. The second-order valence-electron chi connectivity index (χ2n) is 5.52. The van der Waals surface area contributed by atoms with Gasteiger partial charge in [-0.2, -0.15) is 0 Å². The maximum Gasteiger partial charge on any atom is 0.345 e. The van der Waals surface area contributed by atoms with Crippen LogP contribution < -0.4 is 9.47 Å². The van der Waals surface area contributed by atoms with E-state index in [1.54, 1.807) is 12.1 Å². The average Bonchev–Trinajstić information content (AvgIpc) is 2.64. The lowest BCUT2D eigenvalue weighted by atomic mass is 10.1. The Morgan fingerprint density at radius 2 is 1.28 bits per heavy atom. The summed E-state index contributed by atoms with van der Waals surface area (Å²) in [5.41, 5.74) is 0.865. The molecule has 4 heteroatoms. The van der Waals surface area contributed by atoms with Crippen LogP contribution in [0, 0.1) is 0 Å². The SMILES string of the molecule is O=C(O)[C@H](Cc1ccc(Oc2ccccc2)cc1)Oc1ccccc1. The molecule has 0 saturated heterocycles. The van der Waals surface area contributed by atoms with Crippen molar-refractivity contribution in [1.29, 1.82) is 0 Å². The van der Waals surface area contributed by atoms with E-state index in [1.165, 1.54) is 0 Å². The fourth-order valence-corrected chi connectivity index (χ4v) is 2.37. The molecule has 3 aromatic rings. The summed E-state index contributed by atoms with van der Waals surface area (Å²) in [6.45, 7) is 0. The van der Waals surface area contributed by atoms with Crippen LogP contribution in [0.5, 0.6) is 17.2 Å². The first kappa shape index (κ1) is 16.6. The van der Waals surface area contributed by atoms with Gasteiger partial charge in [-0.15, -0.1) is 0 Å². The number of aliphatic carboxylic acids is 1. The van der Waals surface area contributed by atoms with Crippen molar-refractivity contribution in [2.45, 2.75) is 12.5 Å². The summed E-state index contributed by atoms with van der Waals surface area (Å²) in [4.78, 5) is 11.5. The van der Waals surface area contributed by atoms with Crippen molar-refractivity contribution in [3.05, 3.63) is 90.5 Å². The van der Waals surface area contributed by atoms with Gasteiger partial charge in [0.25, 0.3) is 0 Å². The summed E-state index contributed by atoms with van der Waals surface area (Å²) in [6, 6.07) is 25.8. The number of ether oxygens (including phenoxy) is 2. The topological polar surface area (TPSA) is 55.8 Å². The van der Waals surface area contributed by atoms with Gasteiger partial charge in [0.2, 0.25) is 0 Å². The van der Waals surface area contributed by atoms with Gasteiger partial charge >= 0.3 is 5.97 Å². The lowest BCUT2D eigenvalue weighted by molar-refractivity contribution is -0.145. The summed E-state index contributed by atoms with van der Waals surface area (Å²) in [7, 11) is 0. The number of para-hydroxylation sites is 2. The number of carboxylic acid groups (broad SMARTS) is 1. The van der Waals surface area contributed by atoms with Crippen LogP contribution in [0.25, 0.3) is 0 Å². The lowest BCUT2D eigenvalue weighted by Crippen LogP contribution is -2.29. The monoisotopic (exact) mass is 334 g/mol. The molecule has 1 N–H and O–H groups in total. The first-order valence-electron chi connectivity index (χ1n) is 7.97. The first-order valence-corrected chi connectivity index (χ1v) is 7.97. The van der Waals surface area contributed by atoms with Gasteiger partial charge in [0, 0.05) is 6.42 Å². The number of rotatable bonds is 7. The maximum absolute atomic E-state index is 11.5. The molecule has 0 spiro atoms. The maximum atomic E-state index is 11.5. The number of carboxylic acids is 1. The molecule has 0 heterocycles. The second-order valence-corrected chi connectivity index (χ2v) is 5.52. The Labute approximate surface area is 146 Å². The molecule has 126 valence electrons. The molecule has 3 aromatic carbocycles. The van der Waals surface area contributed by atoms with Crippen LogP contribution in [-0.2, 0) is 11.2 Å². The van der Waals surface area contributed by atoms with E-state index in [9.17, 15) is 9.90 Å². The van der Waals surface area contributed by atoms with Gasteiger partial charge in [0.1, 0.15) is 17.2 Å². The summed E-state index contributed by atoms with van der Waals surface area (Å²) in [5, 5.41) is 9.40. The van der Waals surface area contributed by atoms with Gasteiger partial charge in [-0.05, 0) is 42.0 Å². The van der Waals surface area contributed by atoms with Crippen molar-refractivity contribution in [3.8, 4) is 17.2 Å². The fraction of sp³-hybridized carbons (Fsp3) is 0.0952. The van der Waals surface area contributed by atoms with E-state index >= 15 is 0 Å². The first-order chi connectivity index (χ1) is 12.2. The average molecular weight is 334 g/mol. The summed E-state index contributed by atoms with van der Waals surface area (Å²) < 4.78 is 11.3. The molecule has 4 nitrogen and oxygen atoms in total. The second kappa shape index (κ2) is 8.02. The fourth-order valence-electron chi connectivity index (χ4n) is 2.37. The van der Waals surface area contributed by atoms with Gasteiger partial charge in [-0.25, -0.2) is 4.79 Å². The van der Waals surface area contributed by atoms with Crippen LogP contribution in [-0.4, -0.2) is 17.2 Å². The van der Waals surface area contributed by atoms with Crippen LogP contribution in [0.15, 0.2) is 84.9 Å². The third-order valence-electron chi connectivity index (χ3n) is 3.62. The van der Waals surface area contributed by atoms with E-state index in [4.69, 9.17) is 9.47 Å². The van der Waals surface area contributed by atoms with E-state index in [0.29, 0.717) is 11.5 Å². The summed E-state index contributed by atoms with van der Waals surface area (Å²) in [6.07, 6.45) is -0.668. The number of hydrogen-bond donors (Lipinski definition) is 1. The molecule has 25 heavy (non-hydrogen) atoms. The minimum absolute atomic E-state index is 0.274. The highest BCUT2D eigenvalue weighted by atomic mass is 16.5. The molecule has 0 bridgehead atoms. The molecule has 0 radical (unpaired) electrons. The van der Waals surface area contributed by atoms with Gasteiger partial charge in [-0.1, -0.05) is 48.5 Å². The highest BCUT2D eigenvalue weighted by Gasteiger charge is 2.20. The zero-order valence-corrected chi connectivity index (χ0v) is 13.5. The van der Waals surface area contributed by atoms with Crippen molar-refractivity contribution in [3.63, 3.8) is 0 Å². The predicted molar refractivity (Wildman–Crippen MR) is 95.2 cm³/mol. The Morgan fingerprint density at radius 3 is 1.84 bits per heavy atom. The Morgan fingerprint density at radius 1 is 0.760 bits per heavy atom. The summed E-state index contributed by atoms with van der Waals surface area (Å²) in [5.74, 6) is 1.00. The molecule has 0 saturated carbocycles. The molecule has 0 amide bonds. The molecule has 1 atom stereocenters. The summed E-state index contributed by atoms with van der Waals surface area (Å²) >= 11 is 0. The molecular weight excluding hydrogens is 316 g/mol. The Kier molecular flexibility index (Phi) is 5.32. The normalized spacial score (nSPS) is 11.5. The van der Waals surface area contributed by atoms with Crippen LogP contribution in [0.2, 0.25) is 0 Å². The van der Waals surface area contributed by atoms with Gasteiger partial charge in [0.15, 0.2) is 6.10 Å². The molecule has 0 aliphatic heterocycles. The molecule has 0 fully saturated rings. The number of hydrogen-bond acceptors (Lipinski definition) is 3. The van der Waals surface area contributed by atoms with Crippen LogP contribution in [0.1, 0.15) is 5.56 Å². The number of carbonyl (C=O) groups is 1. The van der Waals surface area contributed by atoms with E-state index in [1.807, 2.05) is 72.8 Å². The Hall–Kier alpha value is -3.27. The molecule has 0 aliphatic rings. The minimum Gasteiger partial charge on any atom is -0.478 e. The quantitative estimate of drug-likeness (QED) is 0.688. The van der Waals surface area contributed by atoms with Gasteiger partial charge in [-0.3, -0.25) is 0 Å². The van der Waals surface area contributed by atoms with Crippen molar-refractivity contribution in [1.82, 2.24) is 0 Å². The molecule has 0 unspecified atom stereocenters. The van der Waals surface area contributed by atoms with Crippen molar-refractivity contribution in [2.24, 2.45) is 0 Å². The smallest absolute Gasteiger partial charge is 0.345 e. The standard InChI is InChI=1S/C21H18O4/c22-21(23)20(25-18-9-5-2-6-10-18)15-16-11-13-19(14-12-16)24-17-7-3-1-4-8-17/h1-14,20H,15H2,(H,22,23)/t20-/m0/s1. The molecule has 0 aliphatic carbocycles. The number of benzene rings is 3. The van der Waals surface area contributed by atoms with E-state index < -0.39 is 12.1 Å². The van der Waals surface area contributed by atoms with E-state index in [0.717, 1.165) is 11.3 Å². The third-order valence-corrected chi connectivity index (χ3v) is 3.62. The highest BCUT2D eigenvalue weighted by molar-refractivity contribution is 5.73. The molecule has 3 rings (SSSR count). The van der Waals surface area contributed by atoms with E-state index in [2.05, 4.69) is 0 Å².